The summed E-state index contributed by atoms with van der Waals surface area (Å²) in [5, 5.41) is 7.21. The van der Waals surface area contributed by atoms with Crippen molar-refractivity contribution in [1.29, 1.82) is 0 Å². The van der Waals surface area contributed by atoms with Crippen molar-refractivity contribution < 1.29 is 8.42 Å². The molecule has 1 radical (unpaired) electrons. The van der Waals surface area contributed by atoms with E-state index >= 15 is 0 Å². The van der Waals surface area contributed by atoms with Gasteiger partial charge in [0.05, 0.1) is 4.90 Å². The van der Waals surface area contributed by atoms with Gasteiger partial charge >= 0.3 is 0 Å². The van der Waals surface area contributed by atoms with Crippen molar-refractivity contribution >= 4 is 10.0 Å². The summed E-state index contributed by atoms with van der Waals surface area (Å²) in [6.07, 6.45) is 0. The van der Waals surface area contributed by atoms with Gasteiger partial charge in [-0.2, -0.15) is 0 Å². The Hall–Kier alpha value is -1.65. The van der Waals surface area contributed by atoms with Crippen LogP contribution in [0.1, 0.15) is 5.56 Å². The minimum absolute atomic E-state index is 0.0503. The molecule has 0 aliphatic carbocycles. The van der Waals surface area contributed by atoms with Crippen molar-refractivity contribution in [2.45, 2.75) is 11.8 Å². The van der Waals surface area contributed by atoms with Gasteiger partial charge in [-0.3, -0.25) is 0 Å². The molecule has 0 aliphatic heterocycles. The maximum atomic E-state index is 11.4. The average molecular weight is 246 g/mol. The van der Waals surface area contributed by atoms with E-state index in [4.69, 9.17) is 5.14 Å². The molecule has 0 bridgehead atoms. The van der Waals surface area contributed by atoms with Crippen LogP contribution in [-0.4, -0.2) is 8.42 Å². The van der Waals surface area contributed by atoms with Gasteiger partial charge in [-0.05, 0) is 18.6 Å². The molecule has 0 spiro atoms. The second-order valence-corrected chi connectivity index (χ2v) is 5.32. The van der Waals surface area contributed by atoms with Gasteiger partial charge in [-0.1, -0.05) is 48.0 Å². The summed E-state index contributed by atoms with van der Waals surface area (Å²) in [6.45, 7) is 1.90. The predicted molar refractivity (Wildman–Crippen MR) is 66.9 cm³/mol. The molecule has 0 fully saturated rings. The molecule has 0 saturated heterocycles. The second-order valence-electron chi connectivity index (χ2n) is 3.87. The van der Waals surface area contributed by atoms with Crippen LogP contribution in [0.3, 0.4) is 0 Å². The largest absolute Gasteiger partial charge is 0.254 e. The standard InChI is InChI=1S/C13H12NO2S/c1-10-7-8-13(17(14,15)16)12(9-10)11-5-3-2-4-6-11/h2-9,14H,1H3. The third kappa shape index (κ3) is 2.54. The van der Waals surface area contributed by atoms with E-state index < -0.39 is 10.0 Å². The van der Waals surface area contributed by atoms with E-state index in [9.17, 15) is 8.42 Å². The molecule has 0 saturated carbocycles. The highest BCUT2D eigenvalue weighted by Gasteiger charge is 2.15. The van der Waals surface area contributed by atoms with Gasteiger partial charge in [0.25, 0.3) is 10.0 Å². The highest BCUT2D eigenvalue weighted by molar-refractivity contribution is 7.89. The molecule has 87 valence electrons. The fourth-order valence-electron chi connectivity index (χ4n) is 1.72. The van der Waals surface area contributed by atoms with Crippen LogP contribution in [0.4, 0.5) is 0 Å². The Labute approximate surface area is 101 Å². The Kier molecular flexibility index (Phi) is 3.00. The smallest absolute Gasteiger partial charge is 0.206 e. The first-order valence-electron chi connectivity index (χ1n) is 5.14. The normalized spacial score (nSPS) is 11.4. The van der Waals surface area contributed by atoms with Crippen molar-refractivity contribution in [1.82, 2.24) is 5.14 Å². The Morgan fingerprint density at radius 1 is 1.00 bits per heavy atom. The lowest BCUT2D eigenvalue weighted by Gasteiger charge is -2.08. The molecule has 0 unspecified atom stereocenters. The Balaban J connectivity index is 2.72. The van der Waals surface area contributed by atoms with Crippen LogP contribution < -0.4 is 5.14 Å². The molecule has 0 heterocycles. The second kappa shape index (κ2) is 4.31. The molecule has 0 aromatic heterocycles. The minimum Gasteiger partial charge on any atom is -0.206 e. The fraction of sp³-hybridized carbons (Fsp3) is 0.0769. The molecule has 4 heteroatoms. The molecule has 17 heavy (non-hydrogen) atoms. The summed E-state index contributed by atoms with van der Waals surface area (Å²) in [5.41, 5.74) is 2.36. The zero-order valence-electron chi connectivity index (χ0n) is 9.34. The monoisotopic (exact) mass is 246 g/mol. The fourth-order valence-corrected chi connectivity index (χ4v) is 2.43. The van der Waals surface area contributed by atoms with Crippen LogP contribution in [-0.2, 0) is 10.0 Å². The lowest BCUT2D eigenvalue weighted by Crippen LogP contribution is -2.03. The van der Waals surface area contributed by atoms with Crippen molar-refractivity contribution in [3.05, 3.63) is 54.1 Å². The van der Waals surface area contributed by atoms with Crippen LogP contribution in [0, 0.1) is 6.92 Å². The van der Waals surface area contributed by atoms with Crippen molar-refractivity contribution in [2.24, 2.45) is 0 Å². The van der Waals surface area contributed by atoms with E-state index in [1.807, 2.05) is 37.3 Å². The Bertz CT molecular complexity index is 634. The zero-order chi connectivity index (χ0) is 12.5. The quantitative estimate of drug-likeness (QED) is 0.817. The first-order valence-corrected chi connectivity index (χ1v) is 6.62. The van der Waals surface area contributed by atoms with Crippen molar-refractivity contribution in [3.63, 3.8) is 0 Å². The Morgan fingerprint density at radius 2 is 1.65 bits per heavy atom. The number of hydrogen-bond acceptors (Lipinski definition) is 2. The van der Waals surface area contributed by atoms with Crippen LogP contribution in [0.15, 0.2) is 53.4 Å². The summed E-state index contributed by atoms with van der Waals surface area (Å²) < 4.78 is 22.8. The molecule has 2 aromatic carbocycles. The highest BCUT2D eigenvalue weighted by Crippen LogP contribution is 2.27. The third-order valence-electron chi connectivity index (χ3n) is 2.51. The van der Waals surface area contributed by atoms with Crippen LogP contribution in [0.5, 0.6) is 0 Å². The summed E-state index contributed by atoms with van der Waals surface area (Å²) in [6, 6.07) is 14.2. The molecule has 0 atom stereocenters. The van der Waals surface area contributed by atoms with Gasteiger partial charge in [0.2, 0.25) is 0 Å². The SMILES string of the molecule is Cc1ccc(S([NH])(=O)=O)c(-c2ccccc2)c1. The first-order chi connectivity index (χ1) is 7.98. The van der Waals surface area contributed by atoms with Gasteiger partial charge < -0.3 is 0 Å². The molecule has 1 N–H and O–H groups in total. The van der Waals surface area contributed by atoms with Crippen LogP contribution in [0.25, 0.3) is 11.1 Å². The molecule has 2 rings (SSSR count). The van der Waals surface area contributed by atoms with Crippen molar-refractivity contribution in [2.75, 3.05) is 0 Å². The van der Waals surface area contributed by atoms with E-state index in [1.165, 1.54) is 6.07 Å². The van der Waals surface area contributed by atoms with Gasteiger partial charge in [0, 0.05) is 5.56 Å². The third-order valence-corrected chi connectivity index (χ3v) is 3.44. The summed E-state index contributed by atoms with van der Waals surface area (Å²) in [7, 11) is -3.95. The summed E-state index contributed by atoms with van der Waals surface area (Å²) >= 11 is 0. The number of sulfonamides is 1. The van der Waals surface area contributed by atoms with E-state index in [2.05, 4.69) is 0 Å². The van der Waals surface area contributed by atoms with E-state index in [0.717, 1.165) is 11.1 Å². The molecule has 0 aliphatic rings. The maximum Gasteiger partial charge on any atom is 0.254 e. The first kappa shape index (κ1) is 11.8. The molecule has 2 aromatic rings. The van der Waals surface area contributed by atoms with Gasteiger partial charge in [-0.15, -0.1) is 5.14 Å². The number of hydrogen-bond donors (Lipinski definition) is 0. The maximum absolute atomic E-state index is 11.4. The van der Waals surface area contributed by atoms with Crippen molar-refractivity contribution in [3.8, 4) is 11.1 Å². The highest BCUT2D eigenvalue weighted by atomic mass is 32.2. The number of aryl methyl sites for hydroxylation is 1. The lowest BCUT2D eigenvalue weighted by atomic mass is 10.0. The van der Waals surface area contributed by atoms with E-state index in [1.54, 1.807) is 12.1 Å². The summed E-state index contributed by atoms with van der Waals surface area (Å²) in [5.74, 6) is 0. The Morgan fingerprint density at radius 3 is 2.24 bits per heavy atom. The zero-order valence-corrected chi connectivity index (χ0v) is 10.2. The number of nitrogens with one attached hydrogen (secondary N) is 1. The van der Waals surface area contributed by atoms with E-state index in [-0.39, 0.29) is 4.90 Å². The van der Waals surface area contributed by atoms with Gasteiger partial charge in [0.1, 0.15) is 0 Å². The van der Waals surface area contributed by atoms with Crippen LogP contribution in [0.2, 0.25) is 0 Å². The van der Waals surface area contributed by atoms with Crippen LogP contribution >= 0.6 is 0 Å². The molecular weight excluding hydrogens is 234 g/mol. The molecule has 0 amide bonds. The van der Waals surface area contributed by atoms with Gasteiger partial charge in [0.15, 0.2) is 0 Å². The summed E-state index contributed by atoms with van der Waals surface area (Å²) in [4.78, 5) is 0.0503. The number of rotatable bonds is 2. The lowest BCUT2D eigenvalue weighted by molar-refractivity contribution is 0.596. The minimum atomic E-state index is -3.95. The molecule has 3 nitrogen and oxygen atoms in total. The topological polar surface area (TPSA) is 57.9 Å². The molecular formula is C13H12NO2S. The predicted octanol–water partition coefficient (Wildman–Crippen LogP) is 2.63. The van der Waals surface area contributed by atoms with Gasteiger partial charge in [-0.25, -0.2) is 8.42 Å². The average Bonchev–Trinajstić information content (AvgIpc) is 2.28. The van der Waals surface area contributed by atoms with E-state index in [0.29, 0.717) is 5.56 Å². The number of benzene rings is 2.